The number of hydrogen-bond acceptors (Lipinski definition) is 6. The lowest BCUT2D eigenvalue weighted by atomic mass is 10.1. The first kappa shape index (κ1) is 20.4. The molecule has 1 aliphatic rings. The van der Waals surface area contributed by atoms with Gasteiger partial charge < -0.3 is 10.3 Å². The fraction of sp³-hybridized carbons (Fsp3) is 0.400. The topological polar surface area (TPSA) is 114 Å². The van der Waals surface area contributed by atoms with Gasteiger partial charge in [0.1, 0.15) is 0 Å². The Bertz CT molecular complexity index is 1240. The fourth-order valence-corrected chi connectivity index (χ4v) is 4.12. The van der Waals surface area contributed by atoms with Crippen LogP contribution in [0.25, 0.3) is 10.9 Å². The summed E-state index contributed by atoms with van der Waals surface area (Å²) in [6.07, 6.45) is 5.62. The first-order chi connectivity index (χ1) is 14.2. The second-order valence-corrected chi connectivity index (χ2v) is 8.90. The minimum absolute atomic E-state index is 0.114. The second kappa shape index (κ2) is 7.77. The van der Waals surface area contributed by atoms with Crippen molar-refractivity contribution in [2.45, 2.75) is 50.2 Å². The molecule has 0 bridgehead atoms. The van der Waals surface area contributed by atoms with Crippen molar-refractivity contribution in [1.29, 1.82) is 0 Å². The van der Waals surface area contributed by atoms with E-state index in [2.05, 4.69) is 27.0 Å². The Kier molecular flexibility index (Phi) is 5.29. The van der Waals surface area contributed by atoms with Crippen molar-refractivity contribution in [1.82, 2.24) is 29.4 Å². The summed E-state index contributed by atoms with van der Waals surface area (Å²) in [6, 6.07) is 3.68. The van der Waals surface area contributed by atoms with Crippen molar-refractivity contribution in [2.24, 2.45) is 7.05 Å². The summed E-state index contributed by atoms with van der Waals surface area (Å²) < 4.78 is 6.23. The molecular formula is C20H24N6O3S. The molecule has 1 aliphatic carbocycles. The third kappa shape index (κ3) is 4.34. The predicted molar refractivity (Wildman–Crippen MR) is 115 cm³/mol. The molecule has 0 radical (unpaired) electrons. The van der Waals surface area contributed by atoms with Gasteiger partial charge in [-0.25, -0.2) is 4.79 Å². The third-order valence-electron chi connectivity index (χ3n) is 5.19. The van der Waals surface area contributed by atoms with Crippen molar-refractivity contribution in [2.75, 3.05) is 0 Å². The maximum atomic E-state index is 13.2. The Hall–Kier alpha value is -2.85. The van der Waals surface area contributed by atoms with Crippen molar-refractivity contribution < 1.29 is 4.79 Å². The van der Waals surface area contributed by atoms with Crippen LogP contribution in [0.4, 0.5) is 0 Å². The molecule has 1 saturated carbocycles. The van der Waals surface area contributed by atoms with E-state index in [1.165, 1.54) is 23.4 Å². The number of hydrogen-bond donors (Lipinski definition) is 3. The average molecular weight is 429 g/mol. The van der Waals surface area contributed by atoms with Crippen molar-refractivity contribution in [3.05, 3.63) is 56.5 Å². The number of H-pyrrole nitrogens is 1. The second-order valence-electron chi connectivity index (χ2n) is 8.02. The third-order valence-corrected chi connectivity index (χ3v) is 6.25. The molecule has 0 atom stereocenters. The highest BCUT2D eigenvalue weighted by Crippen LogP contribution is 2.38. The van der Waals surface area contributed by atoms with E-state index in [1.54, 1.807) is 30.2 Å². The Morgan fingerprint density at radius 2 is 2.10 bits per heavy atom. The number of benzene rings is 1. The Labute approximate surface area is 177 Å². The molecule has 1 amide bonds. The number of aromatic amines is 1. The van der Waals surface area contributed by atoms with Crippen LogP contribution in [-0.2, 0) is 24.9 Å². The van der Waals surface area contributed by atoms with Gasteiger partial charge in [0.15, 0.2) is 0 Å². The van der Waals surface area contributed by atoms with Gasteiger partial charge in [0.25, 0.3) is 5.56 Å². The van der Waals surface area contributed by atoms with Gasteiger partial charge in [0.05, 0.1) is 23.6 Å². The molecule has 0 aliphatic heterocycles. The number of aryl methyl sites for hydroxylation is 1. The van der Waals surface area contributed by atoms with E-state index in [9.17, 15) is 14.4 Å². The van der Waals surface area contributed by atoms with E-state index in [-0.39, 0.29) is 30.1 Å². The van der Waals surface area contributed by atoms with Crippen LogP contribution in [0.3, 0.4) is 0 Å². The molecule has 1 fully saturated rings. The number of nitrogens with zero attached hydrogens (tertiary/aromatic N) is 3. The van der Waals surface area contributed by atoms with Crippen LogP contribution in [0.5, 0.6) is 0 Å². The molecule has 158 valence electrons. The highest BCUT2D eigenvalue weighted by Gasteiger charge is 2.37. The lowest BCUT2D eigenvalue weighted by molar-refractivity contribution is -0.119. The molecule has 4 rings (SSSR count). The molecule has 1 aromatic carbocycles. The molecule has 2 heterocycles. The summed E-state index contributed by atoms with van der Waals surface area (Å²) in [5.74, 6) is -0.183. The van der Waals surface area contributed by atoms with Crippen LogP contribution in [0.1, 0.15) is 37.8 Å². The average Bonchev–Trinajstić information content (AvgIpc) is 3.29. The van der Waals surface area contributed by atoms with Crippen LogP contribution >= 0.6 is 11.9 Å². The van der Waals surface area contributed by atoms with Gasteiger partial charge in [-0.05, 0) is 49.4 Å². The maximum Gasteiger partial charge on any atom is 0.329 e. The van der Waals surface area contributed by atoms with E-state index in [0.29, 0.717) is 16.5 Å². The zero-order valence-corrected chi connectivity index (χ0v) is 17.9. The zero-order chi connectivity index (χ0) is 21.5. The van der Waals surface area contributed by atoms with Crippen LogP contribution in [0.2, 0.25) is 0 Å². The molecule has 10 heteroatoms. The van der Waals surface area contributed by atoms with Gasteiger partial charge in [-0.15, -0.1) is 0 Å². The van der Waals surface area contributed by atoms with E-state index in [1.807, 2.05) is 6.07 Å². The normalized spacial score (nSPS) is 14.8. The summed E-state index contributed by atoms with van der Waals surface area (Å²) >= 11 is 1.46. The molecule has 3 aromatic rings. The van der Waals surface area contributed by atoms with Gasteiger partial charge in [0.2, 0.25) is 5.91 Å². The maximum absolute atomic E-state index is 13.2. The van der Waals surface area contributed by atoms with E-state index in [0.717, 1.165) is 23.3 Å². The molecule has 0 unspecified atom stereocenters. The SMILES string of the molecule is CC(=O)NCc1cc(SNC2(C)CC2)cc2c(=O)n(Cc3cnn(C)c3)c(=O)[nH]c12. The Morgan fingerprint density at radius 1 is 1.33 bits per heavy atom. The van der Waals surface area contributed by atoms with Gasteiger partial charge in [-0.3, -0.25) is 23.6 Å². The first-order valence-corrected chi connectivity index (χ1v) is 10.5. The van der Waals surface area contributed by atoms with E-state index >= 15 is 0 Å². The quantitative estimate of drug-likeness (QED) is 0.488. The molecular weight excluding hydrogens is 404 g/mol. The van der Waals surface area contributed by atoms with Crippen molar-refractivity contribution >= 4 is 28.8 Å². The number of carbonyl (C=O) groups excluding carboxylic acids is 1. The summed E-state index contributed by atoms with van der Waals surface area (Å²) in [5.41, 5.74) is 1.14. The first-order valence-electron chi connectivity index (χ1n) is 9.70. The molecule has 0 saturated heterocycles. The van der Waals surface area contributed by atoms with Gasteiger partial charge in [-0.2, -0.15) is 5.10 Å². The predicted octanol–water partition coefficient (Wildman–Crippen LogP) is 1.26. The van der Waals surface area contributed by atoms with Gasteiger partial charge in [0, 0.05) is 42.7 Å². The highest BCUT2D eigenvalue weighted by atomic mass is 32.2. The van der Waals surface area contributed by atoms with Crippen LogP contribution in [0, 0.1) is 0 Å². The molecule has 9 nitrogen and oxygen atoms in total. The summed E-state index contributed by atoms with van der Waals surface area (Å²) in [5, 5.41) is 7.25. The van der Waals surface area contributed by atoms with Gasteiger partial charge in [-0.1, -0.05) is 0 Å². The highest BCUT2D eigenvalue weighted by molar-refractivity contribution is 7.97. The van der Waals surface area contributed by atoms with E-state index in [4.69, 9.17) is 0 Å². The minimum atomic E-state index is -0.496. The number of nitrogens with one attached hydrogen (secondary N) is 3. The summed E-state index contributed by atoms with van der Waals surface area (Å²) in [4.78, 5) is 41.0. The smallest absolute Gasteiger partial charge is 0.329 e. The molecule has 30 heavy (non-hydrogen) atoms. The molecule has 3 N–H and O–H groups in total. The number of rotatable bonds is 7. The number of carbonyl (C=O) groups is 1. The number of amides is 1. The van der Waals surface area contributed by atoms with Crippen LogP contribution in [-0.4, -0.2) is 30.8 Å². The van der Waals surface area contributed by atoms with Crippen molar-refractivity contribution in [3.63, 3.8) is 0 Å². The zero-order valence-electron chi connectivity index (χ0n) is 17.1. The van der Waals surface area contributed by atoms with Crippen molar-refractivity contribution in [3.8, 4) is 0 Å². The van der Waals surface area contributed by atoms with Gasteiger partial charge >= 0.3 is 5.69 Å². The molecule has 0 spiro atoms. The fourth-order valence-electron chi connectivity index (χ4n) is 3.17. The number of aromatic nitrogens is 4. The lowest BCUT2D eigenvalue weighted by Crippen LogP contribution is -2.36. The largest absolute Gasteiger partial charge is 0.352 e. The van der Waals surface area contributed by atoms with Crippen LogP contribution in [0.15, 0.2) is 39.0 Å². The van der Waals surface area contributed by atoms with Crippen LogP contribution < -0.4 is 21.3 Å². The summed E-state index contributed by atoms with van der Waals surface area (Å²) in [6.45, 7) is 3.93. The molecule has 2 aromatic heterocycles. The Balaban J connectivity index is 1.78. The lowest BCUT2D eigenvalue weighted by Gasteiger charge is -2.14. The Morgan fingerprint density at radius 3 is 2.73 bits per heavy atom. The number of fused-ring (bicyclic) bond motifs is 1. The summed E-state index contributed by atoms with van der Waals surface area (Å²) in [7, 11) is 1.78. The standard InChI is InChI=1S/C20H24N6O3S/c1-12(27)21-9-14-6-15(30-24-20(2)4-5-20)7-16-17(14)23-19(29)26(18(16)28)11-13-8-22-25(3)10-13/h6-8,10,24H,4-5,9,11H2,1-3H3,(H,21,27)(H,23,29). The van der Waals surface area contributed by atoms with E-state index < -0.39 is 5.69 Å². The monoisotopic (exact) mass is 428 g/mol. The minimum Gasteiger partial charge on any atom is -0.352 e.